The molecule has 1 unspecified atom stereocenters. The standard InChI is InChI=1S/C13H8Br2ClF2N/c14-7-2-1-3-9(17)10(7)13(19)6-4-5-8(15)11(16)12(6)18/h1-5,13H,19H2. The minimum atomic E-state index is -0.943. The van der Waals surface area contributed by atoms with E-state index < -0.39 is 17.7 Å². The first kappa shape index (κ1) is 14.9. The molecule has 2 aromatic rings. The molecule has 0 aliphatic heterocycles. The summed E-state index contributed by atoms with van der Waals surface area (Å²) in [6, 6.07) is 6.58. The summed E-state index contributed by atoms with van der Waals surface area (Å²) in [7, 11) is 0. The van der Waals surface area contributed by atoms with E-state index in [1.54, 1.807) is 18.2 Å². The highest BCUT2D eigenvalue weighted by molar-refractivity contribution is 9.10. The number of rotatable bonds is 2. The van der Waals surface area contributed by atoms with Crippen molar-refractivity contribution in [2.45, 2.75) is 6.04 Å². The predicted octanol–water partition coefficient (Wildman–Crippen LogP) is 5.19. The zero-order chi connectivity index (χ0) is 14.2. The first-order chi connectivity index (χ1) is 8.93. The molecule has 0 aliphatic carbocycles. The van der Waals surface area contributed by atoms with Gasteiger partial charge in [0.05, 0.1) is 11.1 Å². The summed E-state index contributed by atoms with van der Waals surface area (Å²) in [5.41, 5.74) is 6.29. The van der Waals surface area contributed by atoms with Crippen LogP contribution in [0.5, 0.6) is 0 Å². The van der Waals surface area contributed by atoms with E-state index in [4.69, 9.17) is 17.3 Å². The molecule has 0 aromatic heterocycles. The maximum Gasteiger partial charge on any atom is 0.148 e. The van der Waals surface area contributed by atoms with Crippen molar-refractivity contribution in [1.82, 2.24) is 0 Å². The highest BCUT2D eigenvalue weighted by Gasteiger charge is 2.21. The van der Waals surface area contributed by atoms with Gasteiger partial charge >= 0.3 is 0 Å². The third-order valence-electron chi connectivity index (χ3n) is 2.71. The Balaban J connectivity index is 2.57. The highest BCUT2D eigenvalue weighted by atomic mass is 79.9. The zero-order valence-corrected chi connectivity index (χ0v) is 13.4. The van der Waals surface area contributed by atoms with E-state index in [0.29, 0.717) is 8.95 Å². The Bertz CT molecular complexity index is 614. The topological polar surface area (TPSA) is 26.0 Å². The third kappa shape index (κ3) is 2.84. The van der Waals surface area contributed by atoms with E-state index in [1.165, 1.54) is 12.1 Å². The van der Waals surface area contributed by atoms with Gasteiger partial charge in [0.15, 0.2) is 0 Å². The molecule has 0 spiro atoms. The van der Waals surface area contributed by atoms with Crippen molar-refractivity contribution in [2.75, 3.05) is 0 Å². The van der Waals surface area contributed by atoms with Crippen LogP contribution in [0, 0.1) is 11.6 Å². The second-order valence-corrected chi connectivity index (χ2v) is 5.96. The van der Waals surface area contributed by atoms with Gasteiger partial charge in [-0.15, -0.1) is 0 Å². The molecule has 0 radical (unpaired) electrons. The van der Waals surface area contributed by atoms with Crippen molar-refractivity contribution in [3.63, 3.8) is 0 Å². The molecule has 2 rings (SSSR count). The first-order valence-electron chi connectivity index (χ1n) is 5.26. The summed E-state index contributed by atoms with van der Waals surface area (Å²) in [6.07, 6.45) is 0. The Kier molecular flexibility index (Phi) is 4.61. The smallest absolute Gasteiger partial charge is 0.148 e. The normalized spacial score (nSPS) is 12.5. The van der Waals surface area contributed by atoms with Gasteiger partial charge in [0.2, 0.25) is 0 Å². The molecule has 1 atom stereocenters. The molecule has 1 nitrogen and oxygen atoms in total. The second kappa shape index (κ2) is 5.87. The van der Waals surface area contributed by atoms with Crippen molar-refractivity contribution in [3.8, 4) is 0 Å². The van der Waals surface area contributed by atoms with Crippen molar-refractivity contribution >= 4 is 43.5 Å². The molecule has 2 aromatic carbocycles. The van der Waals surface area contributed by atoms with Crippen LogP contribution in [0.4, 0.5) is 8.78 Å². The lowest BCUT2D eigenvalue weighted by Crippen LogP contribution is -2.16. The van der Waals surface area contributed by atoms with Crippen LogP contribution in [-0.2, 0) is 0 Å². The lowest BCUT2D eigenvalue weighted by Gasteiger charge is -2.17. The van der Waals surface area contributed by atoms with Crippen molar-refractivity contribution in [1.29, 1.82) is 0 Å². The Morgan fingerprint density at radius 1 is 1.05 bits per heavy atom. The maximum atomic E-state index is 14.1. The fourth-order valence-corrected chi connectivity index (χ4v) is 2.81. The summed E-state index contributed by atoms with van der Waals surface area (Å²) in [6.45, 7) is 0. The van der Waals surface area contributed by atoms with Crippen LogP contribution in [0.2, 0.25) is 5.02 Å². The van der Waals surface area contributed by atoms with Crippen LogP contribution in [0.1, 0.15) is 17.2 Å². The Morgan fingerprint density at radius 2 is 1.74 bits per heavy atom. The average molecular weight is 411 g/mol. The lowest BCUT2D eigenvalue weighted by atomic mass is 9.98. The van der Waals surface area contributed by atoms with Crippen LogP contribution in [0.15, 0.2) is 39.3 Å². The lowest BCUT2D eigenvalue weighted by molar-refractivity contribution is 0.574. The zero-order valence-electron chi connectivity index (χ0n) is 9.43. The van der Waals surface area contributed by atoms with Gasteiger partial charge in [0, 0.05) is 20.1 Å². The molecule has 2 N–H and O–H groups in total. The quantitative estimate of drug-likeness (QED) is 0.676. The van der Waals surface area contributed by atoms with Gasteiger partial charge in [-0.05, 0) is 34.1 Å². The van der Waals surface area contributed by atoms with E-state index in [0.717, 1.165) is 0 Å². The summed E-state index contributed by atoms with van der Waals surface area (Å²) in [5, 5.41) is -0.0691. The van der Waals surface area contributed by atoms with E-state index in [2.05, 4.69) is 31.9 Å². The summed E-state index contributed by atoms with van der Waals surface area (Å²) in [4.78, 5) is 0. The third-order valence-corrected chi connectivity index (χ3v) is 4.66. The number of hydrogen-bond donors (Lipinski definition) is 1. The molecule has 0 amide bonds. The molecule has 0 fully saturated rings. The van der Waals surface area contributed by atoms with E-state index in [9.17, 15) is 8.78 Å². The SMILES string of the molecule is NC(c1ccc(Br)c(Cl)c1F)c1c(F)cccc1Br. The van der Waals surface area contributed by atoms with Crippen LogP contribution >= 0.6 is 43.5 Å². The van der Waals surface area contributed by atoms with Gasteiger partial charge in [-0.2, -0.15) is 0 Å². The first-order valence-corrected chi connectivity index (χ1v) is 7.22. The molecule has 0 saturated carbocycles. The molecular weight excluding hydrogens is 403 g/mol. The largest absolute Gasteiger partial charge is 0.320 e. The average Bonchev–Trinajstić information content (AvgIpc) is 2.35. The fraction of sp³-hybridized carbons (Fsp3) is 0.0769. The van der Waals surface area contributed by atoms with Gasteiger partial charge < -0.3 is 5.73 Å². The van der Waals surface area contributed by atoms with Gasteiger partial charge in [0.25, 0.3) is 0 Å². The van der Waals surface area contributed by atoms with Crippen molar-refractivity contribution in [3.05, 3.63) is 67.1 Å². The summed E-state index contributed by atoms with van der Waals surface area (Å²) >= 11 is 12.1. The number of nitrogens with two attached hydrogens (primary N) is 1. The molecule has 0 bridgehead atoms. The molecule has 0 aliphatic rings. The van der Waals surface area contributed by atoms with Crippen LogP contribution < -0.4 is 5.73 Å². The predicted molar refractivity (Wildman–Crippen MR) is 79.2 cm³/mol. The number of hydrogen-bond acceptors (Lipinski definition) is 1. The Labute approximate surface area is 131 Å². The summed E-state index contributed by atoms with van der Waals surface area (Å²) < 4.78 is 28.8. The Hall–Kier alpha value is -0.490. The molecule has 0 heterocycles. The van der Waals surface area contributed by atoms with E-state index >= 15 is 0 Å². The minimum Gasteiger partial charge on any atom is -0.320 e. The van der Waals surface area contributed by atoms with Crippen LogP contribution in [-0.4, -0.2) is 0 Å². The van der Waals surface area contributed by atoms with Gasteiger partial charge in [-0.1, -0.05) is 39.7 Å². The van der Waals surface area contributed by atoms with Crippen LogP contribution in [0.3, 0.4) is 0 Å². The van der Waals surface area contributed by atoms with Crippen LogP contribution in [0.25, 0.3) is 0 Å². The number of benzene rings is 2. The monoisotopic (exact) mass is 409 g/mol. The molecule has 19 heavy (non-hydrogen) atoms. The molecule has 100 valence electrons. The summed E-state index contributed by atoms with van der Waals surface area (Å²) in [5.74, 6) is -1.15. The number of halogens is 5. The Morgan fingerprint density at radius 3 is 2.37 bits per heavy atom. The van der Waals surface area contributed by atoms with Crippen molar-refractivity contribution < 1.29 is 8.78 Å². The van der Waals surface area contributed by atoms with Gasteiger partial charge in [0.1, 0.15) is 11.6 Å². The van der Waals surface area contributed by atoms with Gasteiger partial charge in [-0.3, -0.25) is 0 Å². The second-order valence-electron chi connectivity index (χ2n) is 3.88. The molecule has 6 heteroatoms. The molecule has 0 saturated heterocycles. The van der Waals surface area contributed by atoms with E-state index in [1.807, 2.05) is 0 Å². The highest BCUT2D eigenvalue weighted by Crippen LogP contribution is 2.34. The van der Waals surface area contributed by atoms with Crippen molar-refractivity contribution in [2.24, 2.45) is 5.73 Å². The maximum absolute atomic E-state index is 14.1. The minimum absolute atomic E-state index is 0.0691. The van der Waals surface area contributed by atoms with E-state index in [-0.39, 0.29) is 16.1 Å². The molecular formula is C13H8Br2ClF2N. The van der Waals surface area contributed by atoms with Gasteiger partial charge in [-0.25, -0.2) is 8.78 Å². The fourth-order valence-electron chi connectivity index (χ4n) is 1.74.